The lowest BCUT2D eigenvalue weighted by atomic mass is 10.3. The molecule has 2 rings (SSSR count). The number of nitrogens with two attached hydrogens (primary N) is 1. The van der Waals surface area contributed by atoms with E-state index < -0.39 is 11.9 Å². The molecule has 80 valence electrons. The van der Waals surface area contributed by atoms with Crippen LogP contribution in [0.3, 0.4) is 0 Å². The molecule has 0 spiro atoms. The number of hydrogen-bond donors (Lipinski definition) is 1. The van der Waals surface area contributed by atoms with Crippen molar-refractivity contribution in [1.29, 1.82) is 0 Å². The summed E-state index contributed by atoms with van der Waals surface area (Å²) in [4.78, 5) is 3.85. The van der Waals surface area contributed by atoms with Crippen molar-refractivity contribution in [2.75, 3.05) is 0 Å². The number of aromatic nitrogens is 2. The Labute approximate surface area is 83.3 Å². The molecule has 0 aliphatic carbocycles. The molecule has 15 heavy (non-hydrogen) atoms. The van der Waals surface area contributed by atoms with Crippen LogP contribution in [0, 0.1) is 0 Å². The molecular formula is C9H8F3N3. The van der Waals surface area contributed by atoms with E-state index in [0.29, 0.717) is 5.69 Å². The first kappa shape index (κ1) is 9.97. The summed E-state index contributed by atoms with van der Waals surface area (Å²) in [5, 5.41) is 0. The van der Waals surface area contributed by atoms with E-state index in [0.717, 1.165) is 10.5 Å². The molecule has 0 bridgehead atoms. The van der Waals surface area contributed by atoms with E-state index in [1.807, 2.05) is 0 Å². The topological polar surface area (TPSA) is 43.3 Å². The lowest BCUT2D eigenvalue weighted by Crippen LogP contribution is -2.14. The molecule has 2 aromatic rings. The molecule has 0 saturated carbocycles. The standard InChI is InChI=1S/C9H8F3N3/c10-9(11,12)7-2-1-3-8-14-5-6(4-13)15(7)8/h1-3,5H,4,13H2. The predicted molar refractivity (Wildman–Crippen MR) is 48.1 cm³/mol. The van der Waals surface area contributed by atoms with E-state index in [2.05, 4.69) is 4.98 Å². The Bertz CT molecular complexity index is 487. The van der Waals surface area contributed by atoms with Crippen LogP contribution < -0.4 is 5.73 Å². The van der Waals surface area contributed by atoms with Gasteiger partial charge in [-0.15, -0.1) is 0 Å². The highest BCUT2D eigenvalue weighted by Gasteiger charge is 2.33. The first-order valence-electron chi connectivity index (χ1n) is 4.26. The van der Waals surface area contributed by atoms with Gasteiger partial charge in [-0.25, -0.2) is 4.98 Å². The van der Waals surface area contributed by atoms with E-state index in [-0.39, 0.29) is 12.2 Å². The van der Waals surface area contributed by atoms with Gasteiger partial charge in [0.1, 0.15) is 11.3 Å². The molecule has 6 heteroatoms. The predicted octanol–water partition coefficient (Wildman–Crippen LogP) is 1.81. The molecule has 0 radical (unpaired) electrons. The Hall–Kier alpha value is -1.56. The smallest absolute Gasteiger partial charge is 0.325 e. The van der Waals surface area contributed by atoms with E-state index in [1.165, 1.54) is 18.3 Å². The van der Waals surface area contributed by atoms with Gasteiger partial charge in [-0.3, -0.25) is 4.40 Å². The van der Waals surface area contributed by atoms with E-state index >= 15 is 0 Å². The van der Waals surface area contributed by atoms with E-state index in [9.17, 15) is 13.2 Å². The van der Waals surface area contributed by atoms with Gasteiger partial charge in [0, 0.05) is 6.54 Å². The van der Waals surface area contributed by atoms with Crippen LogP contribution in [0.15, 0.2) is 24.4 Å². The summed E-state index contributed by atoms with van der Waals surface area (Å²) in [6.45, 7) is 0.0221. The summed E-state index contributed by atoms with van der Waals surface area (Å²) in [6.07, 6.45) is -3.05. The second-order valence-corrected chi connectivity index (χ2v) is 3.06. The minimum absolute atomic E-state index is 0.0221. The number of rotatable bonds is 1. The molecule has 0 unspecified atom stereocenters. The molecule has 3 nitrogen and oxygen atoms in total. The zero-order valence-electron chi connectivity index (χ0n) is 7.62. The van der Waals surface area contributed by atoms with Gasteiger partial charge in [-0.2, -0.15) is 13.2 Å². The van der Waals surface area contributed by atoms with Gasteiger partial charge in [0.15, 0.2) is 0 Å². The zero-order chi connectivity index (χ0) is 11.1. The lowest BCUT2D eigenvalue weighted by molar-refractivity contribution is -0.142. The molecule has 0 aliphatic heterocycles. The molecule has 0 aromatic carbocycles. The van der Waals surface area contributed by atoms with E-state index in [1.54, 1.807) is 0 Å². The van der Waals surface area contributed by atoms with Gasteiger partial charge in [0.25, 0.3) is 0 Å². The molecule has 0 saturated heterocycles. The second-order valence-electron chi connectivity index (χ2n) is 3.06. The number of fused-ring (bicyclic) bond motifs is 1. The molecule has 0 amide bonds. The fourth-order valence-corrected chi connectivity index (χ4v) is 1.46. The Kier molecular flexibility index (Phi) is 2.15. The monoisotopic (exact) mass is 215 g/mol. The Balaban J connectivity index is 2.78. The third-order valence-electron chi connectivity index (χ3n) is 2.10. The number of pyridine rings is 1. The first-order valence-corrected chi connectivity index (χ1v) is 4.26. The fraction of sp³-hybridized carbons (Fsp3) is 0.222. The highest BCUT2D eigenvalue weighted by molar-refractivity contribution is 5.43. The lowest BCUT2D eigenvalue weighted by Gasteiger charge is -2.10. The van der Waals surface area contributed by atoms with Crippen LogP contribution in [0.1, 0.15) is 11.4 Å². The van der Waals surface area contributed by atoms with Crippen LogP contribution in [0.5, 0.6) is 0 Å². The minimum atomic E-state index is -4.40. The normalized spacial score (nSPS) is 12.3. The van der Waals surface area contributed by atoms with Crippen molar-refractivity contribution < 1.29 is 13.2 Å². The highest BCUT2D eigenvalue weighted by atomic mass is 19.4. The fourth-order valence-electron chi connectivity index (χ4n) is 1.46. The Morgan fingerprint density at radius 2 is 2.07 bits per heavy atom. The number of hydrogen-bond acceptors (Lipinski definition) is 2. The summed E-state index contributed by atoms with van der Waals surface area (Å²) >= 11 is 0. The van der Waals surface area contributed by atoms with Crippen LogP contribution >= 0.6 is 0 Å². The van der Waals surface area contributed by atoms with Crippen molar-refractivity contribution in [2.24, 2.45) is 5.73 Å². The average Bonchev–Trinajstić information content (AvgIpc) is 2.58. The summed E-state index contributed by atoms with van der Waals surface area (Å²) in [5.41, 5.74) is 5.19. The molecular weight excluding hydrogens is 207 g/mol. The second kappa shape index (κ2) is 3.23. The van der Waals surface area contributed by atoms with Gasteiger partial charge in [-0.1, -0.05) is 6.07 Å². The molecule has 2 N–H and O–H groups in total. The molecule has 0 aliphatic rings. The van der Waals surface area contributed by atoms with Crippen molar-refractivity contribution in [3.63, 3.8) is 0 Å². The zero-order valence-corrected chi connectivity index (χ0v) is 7.62. The largest absolute Gasteiger partial charge is 0.431 e. The summed E-state index contributed by atoms with van der Waals surface area (Å²) < 4.78 is 38.9. The maximum Gasteiger partial charge on any atom is 0.431 e. The van der Waals surface area contributed by atoms with Crippen LogP contribution in [0.25, 0.3) is 5.65 Å². The van der Waals surface area contributed by atoms with Gasteiger partial charge < -0.3 is 5.73 Å². The van der Waals surface area contributed by atoms with Crippen molar-refractivity contribution in [3.05, 3.63) is 35.8 Å². The van der Waals surface area contributed by atoms with E-state index in [4.69, 9.17) is 5.73 Å². The number of halogens is 3. The quantitative estimate of drug-likeness (QED) is 0.788. The summed E-state index contributed by atoms with van der Waals surface area (Å²) in [5.74, 6) is 0. The SMILES string of the molecule is NCc1cnc2cccc(C(F)(F)F)n12. The van der Waals surface area contributed by atoms with Crippen molar-refractivity contribution >= 4 is 5.65 Å². The first-order chi connectivity index (χ1) is 7.04. The van der Waals surface area contributed by atoms with Crippen molar-refractivity contribution in [3.8, 4) is 0 Å². The Morgan fingerprint density at radius 1 is 1.33 bits per heavy atom. The van der Waals surface area contributed by atoms with Crippen LogP contribution in [-0.4, -0.2) is 9.38 Å². The summed E-state index contributed by atoms with van der Waals surface area (Å²) in [6, 6.07) is 3.84. The van der Waals surface area contributed by atoms with Gasteiger partial charge >= 0.3 is 6.18 Å². The maximum absolute atomic E-state index is 12.6. The van der Waals surface area contributed by atoms with Gasteiger partial charge in [0.2, 0.25) is 0 Å². The number of alkyl halides is 3. The van der Waals surface area contributed by atoms with Crippen molar-refractivity contribution in [1.82, 2.24) is 9.38 Å². The summed E-state index contributed by atoms with van der Waals surface area (Å²) in [7, 11) is 0. The molecule has 2 aromatic heterocycles. The minimum Gasteiger partial charge on any atom is -0.325 e. The molecule has 0 atom stereocenters. The number of imidazole rings is 1. The van der Waals surface area contributed by atoms with Crippen LogP contribution in [0.2, 0.25) is 0 Å². The average molecular weight is 215 g/mol. The third kappa shape index (κ3) is 1.56. The third-order valence-corrected chi connectivity index (χ3v) is 2.10. The highest BCUT2D eigenvalue weighted by Crippen LogP contribution is 2.30. The van der Waals surface area contributed by atoms with Crippen LogP contribution in [0.4, 0.5) is 13.2 Å². The number of nitrogens with zero attached hydrogens (tertiary/aromatic N) is 2. The molecule has 0 fully saturated rings. The van der Waals surface area contributed by atoms with Gasteiger partial charge in [0.05, 0.1) is 11.9 Å². The maximum atomic E-state index is 12.6. The van der Waals surface area contributed by atoms with Gasteiger partial charge in [-0.05, 0) is 12.1 Å². The van der Waals surface area contributed by atoms with Crippen LogP contribution in [-0.2, 0) is 12.7 Å². The molecule has 2 heterocycles. The Morgan fingerprint density at radius 3 is 2.67 bits per heavy atom. The van der Waals surface area contributed by atoms with Crippen molar-refractivity contribution in [2.45, 2.75) is 12.7 Å².